The Bertz CT molecular complexity index is 1040. The molecule has 11 heteroatoms. The Morgan fingerprint density at radius 1 is 0.574 bits per heavy atom. The van der Waals surface area contributed by atoms with E-state index in [1.807, 2.05) is 0 Å². The number of carbonyl (C=O) groups is 3. The molecule has 0 aliphatic carbocycles. The molecule has 1 aliphatic rings. The number of rotatable bonds is 34. The first-order chi connectivity index (χ1) is 26.2. The smallest absolute Gasteiger partial charge is 0.335 e. The molecule has 1 fully saturated rings. The molecule has 1 rings (SSSR count). The van der Waals surface area contributed by atoms with Crippen molar-refractivity contribution in [2.45, 2.75) is 205 Å². The molecule has 0 saturated carbocycles. The molecule has 312 valence electrons. The number of esters is 2. The largest absolute Gasteiger partial charge is 0.479 e. The summed E-state index contributed by atoms with van der Waals surface area (Å²) < 4.78 is 21.6. The second-order valence-corrected chi connectivity index (χ2v) is 14.5. The summed E-state index contributed by atoms with van der Waals surface area (Å²) in [6.45, 7) is 3.73. The van der Waals surface area contributed by atoms with Gasteiger partial charge in [0, 0.05) is 12.8 Å². The molecule has 6 unspecified atom stereocenters. The van der Waals surface area contributed by atoms with E-state index >= 15 is 0 Å². The Balaban J connectivity index is 2.36. The zero-order chi connectivity index (χ0) is 39.7. The third kappa shape index (κ3) is 25.5. The molecule has 0 aromatic heterocycles. The summed E-state index contributed by atoms with van der Waals surface area (Å²) in [5.74, 6) is -2.46. The molecular weight excluding hydrogens is 692 g/mol. The van der Waals surface area contributed by atoms with Crippen LogP contribution < -0.4 is 0 Å². The third-order valence-electron chi connectivity index (χ3n) is 9.49. The zero-order valence-corrected chi connectivity index (χ0v) is 33.5. The van der Waals surface area contributed by atoms with Gasteiger partial charge >= 0.3 is 17.9 Å². The van der Waals surface area contributed by atoms with Gasteiger partial charge in [-0.3, -0.25) is 9.59 Å². The highest BCUT2D eigenvalue weighted by Gasteiger charge is 2.47. The summed E-state index contributed by atoms with van der Waals surface area (Å²) in [5.41, 5.74) is 0. The fraction of sp³-hybridized carbons (Fsp3) is 0.791. The molecule has 54 heavy (non-hydrogen) atoms. The van der Waals surface area contributed by atoms with Crippen molar-refractivity contribution >= 4 is 17.9 Å². The minimum atomic E-state index is -1.86. The number of unbranched alkanes of at least 4 members (excludes halogenated alkanes) is 17. The minimum Gasteiger partial charge on any atom is -0.479 e. The molecule has 0 spiro atoms. The normalized spacial score (nSPS) is 20.9. The van der Waals surface area contributed by atoms with E-state index in [2.05, 4.69) is 50.3 Å². The lowest BCUT2D eigenvalue weighted by atomic mass is 9.99. The van der Waals surface area contributed by atoms with Crippen molar-refractivity contribution in [3.63, 3.8) is 0 Å². The topological polar surface area (TPSA) is 169 Å². The van der Waals surface area contributed by atoms with E-state index in [9.17, 15) is 34.8 Å². The van der Waals surface area contributed by atoms with Gasteiger partial charge in [-0.15, -0.1) is 0 Å². The van der Waals surface area contributed by atoms with Crippen LogP contribution in [0.4, 0.5) is 0 Å². The molecule has 1 aliphatic heterocycles. The molecule has 11 nitrogen and oxygen atoms in total. The number of allylic oxidation sites excluding steroid dienone is 6. The average Bonchev–Trinajstić information content (AvgIpc) is 3.15. The highest BCUT2D eigenvalue weighted by Crippen LogP contribution is 2.23. The van der Waals surface area contributed by atoms with Crippen molar-refractivity contribution in [3.05, 3.63) is 36.5 Å². The van der Waals surface area contributed by atoms with E-state index in [-0.39, 0.29) is 19.4 Å². The number of carboxylic acid groups (broad SMARTS) is 1. The maximum absolute atomic E-state index is 12.7. The minimum absolute atomic E-state index is 0.180. The highest BCUT2D eigenvalue weighted by atomic mass is 16.7. The maximum Gasteiger partial charge on any atom is 0.335 e. The Labute approximate surface area is 325 Å². The average molecular weight is 767 g/mol. The Morgan fingerprint density at radius 2 is 1.04 bits per heavy atom. The van der Waals surface area contributed by atoms with E-state index in [1.165, 1.54) is 57.8 Å². The van der Waals surface area contributed by atoms with Gasteiger partial charge in [0.2, 0.25) is 0 Å². The fourth-order valence-electron chi connectivity index (χ4n) is 6.12. The van der Waals surface area contributed by atoms with Gasteiger partial charge in [-0.25, -0.2) is 4.79 Å². The van der Waals surface area contributed by atoms with Crippen molar-refractivity contribution < 1.29 is 53.8 Å². The first-order valence-electron chi connectivity index (χ1n) is 21.0. The summed E-state index contributed by atoms with van der Waals surface area (Å²) in [6, 6.07) is 0. The molecule has 0 bridgehead atoms. The molecule has 0 aromatic rings. The predicted molar refractivity (Wildman–Crippen MR) is 211 cm³/mol. The van der Waals surface area contributed by atoms with Gasteiger partial charge in [0.25, 0.3) is 0 Å². The van der Waals surface area contributed by atoms with Gasteiger partial charge < -0.3 is 39.4 Å². The molecule has 0 aromatic carbocycles. The summed E-state index contributed by atoms with van der Waals surface area (Å²) in [5, 5.41) is 39.7. The van der Waals surface area contributed by atoms with E-state index < -0.39 is 61.3 Å². The van der Waals surface area contributed by atoms with Crippen LogP contribution in [0.5, 0.6) is 0 Å². The number of ether oxygens (including phenoxy) is 4. The van der Waals surface area contributed by atoms with Crippen LogP contribution in [0.15, 0.2) is 36.5 Å². The third-order valence-corrected chi connectivity index (χ3v) is 9.49. The molecule has 1 saturated heterocycles. The zero-order valence-electron chi connectivity index (χ0n) is 33.5. The Morgan fingerprint density at radius 3 is 1.59 bits per heavy atom. The van der Waals surface area contributed by atoms with Crippen molar-refractivity contribution in [1.29, 1.82) is 0 Å². The number of hydrogen-bond acceptors (Lipinski definition) is 10. The molecule has 4 N–H and O–H groups in total. The van der Waals surface area contributed by atoms with Gasteiger partial charge in [-0.1, -0.05) is 140 Å². The number of hydrogen-bond donors (Lipinski definition) is 4. The second-order valence-electron chi connectivity index (χ2n) is 14.5. The van der Waals surface area contributed by atoms with Gasteiger partial charge in [0.15, 0.2) is 18.5 Å². The fourth-order valence-corrected chi connectivity index (χ4v) is 6.12. The van der Waals surface area contributed by atoms with E-state index in [0.717, 1.165) is 70.6 Å². The lowest BCUT2D eigenvalue weighted by Crippen LogP contribution is -2.60. The van der Waals surface area contributed by atoms with Crippen molar-refractivity contribution in [1.82, 2.24) is 0 Å². The van der Waals surface area contributed by atoms with Crippen LogP contribution in [-0.4, -0.2) is 88.4 Å². The Kier molecular flexibility index (Phi) is 30.9. The van der Waals surface area contributed by atoms with E-state index in [4.69, 9.17) is 18.9 Å². The Hall–Kier alpha value is -2.57. The number of aliphatic carboxylic acids is 1. The van der Waals surface area contributed by atoms with Crippen LogP contribution >= 0.6 is 0 Å². The lowest BCUT2D eigenvalue weighted by Gasteiger charge is -2.38. The van der Waals surface area contributed by atoms with Crippen molar-refractivity contribution in [2.24, 2.45) is 0 Å². The highest BCUT2D eigenvalue weighted by molar-refractivity contribution is 5.73. The second kappa shape index (κ2) is 33.7. The number of carbonyl (C=O) groups excluding carboxylic acids is 2. The molecular formula is C43H74O11. The van der Waals surface area contributed by atoms with Gasteiger partial charge in [0.05, 0.1) is 6.61 Å². The summed E-state index contributed by atoms with van der Waals surface area (Å²) in [4.78, 5) is 36.6. The summed E-state index contributed by atoms with van der Waals surface area (Å²) in [6.07, 6.45) is 27.8. The van der Waals surface area contributed by atoms with Crippen LogP contribution in [0.3, 0.4) is 0 Å². The number of aliphatic hydroxyl groups excluding tert-OH is 3. The van der Waals surface area contributed by atoms with E-state index in [0.29, 0.717) is 12.8 Å². The molecule has 0 amide bonds. The number of aliphatic hydroxyl groups is 3. The van der Waals surface area contributed by atoms with Gasteiger partial charge in [-0.05, 0) is 51.4 Å². The maximum atomic E-state index is 12.7. The summed E-state index contributed by atoms with van der Waals surface area (Å²) >= 11 is 0. The van der Waals surface area contributed by atoms with Crippen LogP contribution in [0.2, 0.25) is 0 Å². The molecule has 0 radical (unpaired) electrons. The lowest BCUT2D eigenvalue weighted by molar-refractivity contribution is -0.298. The first-order valence-corrected chi connectivity index (χ1v) is 21.0. The molecule has 1 heterocycles. The van der Waals surface area contributed by atoms with Crippen molar-refractivity contribution in [3.8, 4) is 0 Å². The number of carboxylic acids is 1. The predicted octanol–water partition coefficient (Wildman–Crippen LogP) is 8.42. The first kappa shape index (κ1) is 49.4. The monoisotopic (exact) mass is 767 g/mol. The molecule has 6 atom stereocenters. The quantitative estimate of drug-likeness (QED) is 0.0282. The summed E-state index contributed by atoms with van der Waals surface area (Å²) in [7, 11) is 0. The van der Waals surface area contributed by atoms with Crippen molar-refractivity contribution in [2.75, 3.05) is 13.2 Å². The van der Waals surface area contributed by atoms with Crippen LogP contribution in [0, 0.1) is 0 Å². The van der Waals surface area contributed by atoms with Gasteiger partial charge in [0.1, 0.15) is 24.9 Å². The van der Waals surface area contributed by atoms with Crippen LogP contribution in [0.25, 0.3) is 0 Å². The van der Waals surface area contributed by atoms with Crippen LogP contribution in [-0.2, 0) is 33.3 Å². The SMILES string of the molecule is CCCCC/C=C\C/C=C\C/C=C\CCCCCCCCC(=O)OCC(COC1OC(C(=O)O)C(O)C(O)C1O)OC(=O)CCCCCCCCCCC. The van der Waals surface area contributed by atoms with Gasteiger partial charge in [-0.2, -0.15) is 0 Å². The van der Waals surface area contributed by atoms with E-state index in [1.54, 1.807) is 0 Å². The van der Waals surface area contributed by atoms with Crippen LogP contribution in [0.1, 0.15) is 168 Å². The standard InChI is InChI=1S/C43H74O11/c1-3-5-7-9-11-13-14-15-16-17-18-19-20-21-22-24-25-27-29-31-36(44)51-33-35(53-37(45)32-30-28-26-23-12-10-8-6-4-2)34-52-43-40(48)38(46)39(47)41(54-43)42(49)50/h11,13,15-16,18-19,35,38-41,43,46-48H,3-10,12,14,17,20-34H2,1-2H3,(H,49,50)/b13-11-,16-15-,19-18-.